The van der Waals surface area contributed by atoms with Crippen molar-refractivity contribution in [2.75, 3.05) is 12.3 Å². The highest BCUT2D eigenvalue weighted by molar-refractivity contribution is 5.75. The highest BCUT2D eigenvalue weighted by Gasteiger charge is 2.20. The standard InChI is InChI=1S/C33H59N7O3/c1-5-6-7-8-9-10-11-12-13-14-15-16-20-23-30(41)35-24-25-39-26-29(37-38-39)22-19-17-18-21-28-27-40(31(34)36-28)32(42)43-33(2,3)4/h26-27H,5-25H2,1-4H3,(H2,34,36)(H,35,41). The molecular weight excluding hydrogens is 542 g/mol. The van der Waals surface area contributed by atoms with Crippen LogP contribution >= 0.6 is 0 Å². The number of unbranched alkanes of at least 4 members (excludes halogenated alkanes) is 14. The van der Waals surface area contributed by atoms with Crippen LogP contribution in [-0.2, 0) is 28.9 Å². The molecule has 1 amide bonds. The minimum Gasteiger partial charge on any atom is -0.443 e. The van der Waals surface area contributed by atoms with E-state index >= 15 is 0 Å². The van der Waals surface area contributed by atoms with Gasteiger partial charge in [-0.1, -0.05) is 95.6 Å². The van der Waals surface area contributed by atoms with Gasteiger partial charge < -0.3 is 15.8 Å². The zero-order chi connectivity index (χ0) is 31.3. The summed E-state index contributed by atoms with van der Waals surface area (Å²) >= 11 is 0. The number of nitrogens with zero attached hydrogens (tertiary/aromatic N) is 5. The number of rotatable bonds is 23. The third kappa shape index (κ3) is 17.1. The van der Waals surface area contributed by atoms with Crippen LogP contribution in [0.5, 0.6) is 0 Å². The van der Waals surface area contributed by atoms with Gasteiger partial charge in [0.05, 0.1) is 17.9 Å². The summed E-state index contributed by atoms with van der Waals surface area (Å²) in [6.07, 6.45) is 25.3. The molecule has 0 bridgehead atoms. The maximum Gasteiger partial charge on any atom is 0.421 e. The largest absolute Gasteiger partial charge is 0.443 e. The molecule has 2 aromatic rings. The Morgan fingerprint density at radius 1 is 0.814 bits per heavy atom. The first kappa shape index (κ1) is 36.3. The van der Waals surface area contributed by atoms with E-state index in [1.54, 1.807) is 10.9 Å². The molecule has 2 rings (SSSR count). The van der Waals surface area contributed by atoms with Crippen LogP contribution in [0.4, 0.5) is 10.7 Å². The van der Waals surface area contributed by atoms with Crippen LogP contribution in [0.3, 0.4) is 0 Å². The van der Waals surface area contributed by atoms with E-state index < -0.39 is 11.7 Å². The lowest BCUT2D eigenvalue weighted by Gasteiger charge is -2.19. The van der Waals surface area contributed by atoms with Gasteiger partial charge in [-0.25, -0.2) is 14.3 Å². The lowest BCUT2D eigenvalue weighted by molar-refractivity contribution is -0.121. The van der Waals surface area contributed by atoms with Gasteiger partial charge in [0.2, 0.25) is 11.9 Å². The molecule has 10 heteroatoms. The number of aromatic nitrogens is 5. The van der Waals surface area contributed by atoms with Gasteiger partial charge in [0.1, 0.15) is 5.60 Å². The highest BCUT2D eigenvalue weighted by Crippen LogP contribution is 2.15. The van der Waals surface area contributed by atoms with Crippen molar-refractivity contribution < 1.29 is 14.3 Å². The number of nitrogen functional groups attached to an aromatic ring is 1. The SMILES string of the molecule is CCCCCCCCCCCCCCCC(=O)NCCn1cc(CCCCCc2cn(C(=O)OC(C)(C)C)c(N)n2)nn1. The number of nitrogens with two attached hydrogens (primary N) is 1. The Morgan fingerprint density at radius 2 is 1.37 bits per heavy atom. The molecule has 244 valence electrons. The summed E-state index contributed by atoms with van der Waals surface area (Å²) in [5, 5.41) is 11.5. The second-order valence-electron chi connectivity index (χ2n) is 12.8. The summed E-state index contributed by atoms with van der Waals surface area (Å²) in [5.74, 6) is 0.276. The fourth-order valence-electron chi connectivity index (χ4n) is 5.08. The van der Waals surface area contributed by atoms with Gasteiger partial charge in [-0.2, -0.15) is 0 Å². The number of amides is 1. The summed E-state index contributed by atoms with van der Waals surface area (Å²) in [6.45, 7) is 8.91. The molecule has 43 heavy (non-hydrogen) atoms. The zero-order valence-electron chi connectivity index (χ0n) is 27.5. The molecule has 0 aromatic carbocycles. The van der Waals surface area contributed by atoms with E-state index in [4.69, 9.17) is 10.5 Å². The normalized spacial score (nSPS) is 11.6. The van der Waals surface area contributed by atoms with E-state index in [1.807, 2.05) is 27.0 Å². The van der Waals surface area contributed by atoms with Crippen LogP contribution < -0.4 is 11.1 Å². The Morgan fingerprint density at radius 3 is 1.98 bits per heavy atom. The number of nitrogens with one attached hydrogen (secondary N) is 1. The molecule has 0 radical (unpaired) electrons. The van der Waals surface area contributed by atoms with Crippen molar-refractivity contribution in [2.24, 2.45) is 0 Å². The molecule has 0 saturated heterocycles. The molecule has 0 aliphatic heterocycles. The fourth-order valence-corrected chi connectivity index (χ4v) is 5.08. The topological polar surface area (TPSA) is 130 Å². The van der Waals surface area contributed by atoms with Crippen LogP contribution in [0.1, 0.15) is 148 Å². The lowest BCUT2D eigenvalue weighted by atomic mass is 10.0. The molecule has 0 aliphatic carbocycles. The van der Waals surface area contributed by atoms with Gasteiger partial charge in [-0.05, 0) is 52.9 Å². The number of carbonyl (C=O) groups excluding carboxylic acids is 2. The predicted octanol–water partition coefficient (Wildman–Crippen LogP) is 7.39. The molecule has 3 N–H and O–H groups in total. The third-order valence-corrected chi connectivity index (χ3v) is 7.50. The predicted molar refractivity (Wildman–Crippen MR) is 173 cm³/mol. The van der Waals surface area contributed by atoms with Gasteiger partial charge >= 0.3 is 6.09 Å². The van der Waals surface area contributed by atoms with Gasteiger partial charge in [0, 0.05) is 25.4 Å². The second-order valence-corrected chi connectivity index (χ2v) is 12.8. The quantitative estimate of drug-likeness (QED) is 0.127. The van der Waals surface area contributed by atoms with Gasteiger partial charge in [-0.15, -0.1) is 5.10 Å². The van der Waals surface area contributed by atoms with Crippen LogP contribution in [0, 0.1) is 0 Å². The van der Waals surface area contributed by atoms with E-state index in [-0.39, 0.29) is 11.9 Å². The van der Waals surface area contributed by atoms with Crippen LogP contribution in [0.25, 0.3) is 0 Å². The third-order valence-electron chi connectivity index (χ3n) is 7.50. The van der Waals surface area contributed by atoms with Crippen molar-refractivity contribution in [1.29, 1.82) is 0 Å². The first-order chi connectivity index (χ1) is 20.7. The Bertz CT molecular complexity index is 1040. The van der Waals surface area contributed by atoms with Crippen LogP contribution in [-0.4, -0.2) is 48.7 Å². The lowest BCUT2D eigenvalue weighted by Crippen LogP contribution is -2.27. The number of hydrogen-bond donors (Lipinski definition) is 2. The van der Waals surface area contributed by atoms with Crippen molar-refractivity contribution in [3.05, 3.63) is 23.8 Å². The number of aryl methyl sites for hydroxylation is 2. The van der Waals surface area contributed by atoms with E-state index in [9.17, 15) is 9.59 Å². The number of carbonyl (C=O) groups is 2. The molecule has 0 aliphatic rings. The molecule has 0 unspecified atom stereocenters. The Labute approximate surface area is 259 Å². The van der Waals surface area contributed by atoms with E-state index in [0.29, 0.717) is 19.5 Å². The molecule has 10 nitrogen and oxygen atoms in total. The van der Waals surface area contributed by atoms with E-state index in [2.05, 4.69) is 27.5 Å². The van der Waals surface area contributed by atoms with Crippen LogP contribution in [0.2, 0.25) is 0 Å². The molecule has 0 saturated carbocycles. The number of ether oxygens (including phenoxy) is 1. The van der Waals surface area contributed by atoms with Gasteiger partial charge in [-0.3, -0.25) is 9.48 Å². The minimum atomic E-state index is -0.588. The van der Waals surface area contributed by atoms with Crippen LogP contribution in [0.15, 0.2) is 12.4 Å². The maximum atomic E-state index is 12.2. The average Bonchev–Trinajstić information content (AvgIpc) is 3.56. The summed E-state index contributed by atoms with van der Waals surface area (Å²) in [6, 6.07) is 0. The summed E-state index contributed by atoms with van der Waals surface area (Å²) in [5.41, 5.74) is 7.05. The van der Waals surface area contributed by atoms with Gasteiger partial charge in [0.25, 0.3) is 0 Å². The van der Waals surface area contributed by atoms with Gasteiger partial charge in [0.15, 0.2) is 0 Å². The molecule has 0 fully saturated rings. The van der Waals surface area contributed by atoms with Crippen molar-refractivity contribution in [3.8, 4) is 0 Å². The number of hydrogen-bond acceptors (Lipinski definition) is 7. The maximum absolute atomic E-state index is 12.2. The minimum absolute atomic E-state index is 0.126. The summed E-state index contributed by atoms with van der Waals surface area (Å²) in [4.78, 5) is 28.7. The summed E-state index contributed by atoms with van der Waals surface area (Å²) < 4.78 is 8.43. The monoisotopic (exact) mass is 601 g/mol. The average molecular weight is 602 g/mol. The second kappa shape index (κ2) is 20.9. The Kier molecular flexibility index (Phi) is 17.6. The van der Waals surface area contributed by atoms with Crippen molar-refractivity contribution >= 4 is 17.9 Å². The van der Waals surface area contributed by atoms with Crippen molar-refractivity contribution in [2.45, 2.75) is 162 Å². The Hall–Kier alpha value is -2.91. The van der Waals surface area contributed by atoms with Crippen molar-refractivity contribution in [3.63, 3.8) is 0 Å². The van der Waals surface area contributed by atoms with E-state index in [1.165, 1.54) is 75.2 Å². The van der Waals surface area contributed by atoms with Crippen molar-refractivity contribution in [1.82, 2.24) is 29.9 Å². The van der Waals surface area contributed by atoms with E-state index in [0.717, 1.165) is 56.3 Å². The molecule has 0 spiro atoms. The first-order valence-electron chi connectivity index (χ1n) is 16.9. The fraction of sp³-hybridized carbons (Fsp3) is 0.788. The molecule has 0 atom stereocenters. The summed E-state index contributed by atoms with van der Waals surface area (Å²) in [7, 11) is 0. The molecular formula is C33H59N7O3. The number of imidazole rings is 1. The highest BCUT2D eigenvalue weighted by atomic mass is 16.6. The molecule has 2 aromatic heterocycles. The first-order valence-corrected chi connectivity index (χ1v) is 16.9. The smallest absolute Gasteiger partial charge is 0.421 e. The zero-order valence-corrected chi connectivity index (χ0v) is 27.5. The molecule has 2 heterocycles. The number of anilines is 1. The Balaban J connectivity index is 1.45.